The van der Waals surface area contributed by atoms with Gasteiger partial charge in [-0.05, 0) is 31.8 Å². The summed E-state index contributed by atoms with van der Waals surface area (Å²) in [6.07, 6.45) is 3.47. The van der Waals surface area contributed by atoms with E-state index in [-0.39, 0.29) is 5.92 Å². The van der Waals surface area contributed by atoms with Crippen LogP contribution in [0.4, 0.5) is 0 Å². The fourth-order valence-electron chi connectivity index (χ4n) is 1.58. The third kappa shape index (κ3) is 7.69. The lowest BCUT2D eigenvalue weighted by molar-refractivity contribution is -0.141. The van der Waals surface area contributed by atoms with Crippen LogP contribution in [0, 0.1) is 11.8 Å². The van der Waals surface area contributed by atoms with Gasteiger partial charge in [-0.3, -0.25) is 4.79 Å². The Balaban J connectivity index is 4.03. The second-order valence-electron chi connectivity index (χ2n) is 5.08. The van der Waals surface area contributed by atoms with Crippen LogP contribution in [0.3, 0.4) is 0 Å². The number of aliphatic carboxylic acids is 1. The number of hydrogen-bond donors (Lipinski definition) is 1. The monoisotopic (exact) mass is 229 g/mol. The molecule has 0 radical (unpaired) electrons. The normalized spacial score (nSPS) is 13.4. The molecule has 0 aliphatic rings. The highest BCUT2D eigenvalue weighted by atomic mass is 16.4. The summed E-state index contributed by atoms with van der Waals surface area (Å²) in [5.74, 6) is -0.265. The molecule has 0 aliphatic carbocycles. The second-order valence-corrected chi connectivity index (χ2v) is 5.08. The van der Waals surface area contributed by atoms with Crippen LogP contribution in [0.1, 0.15) is 47.0 Å². The zero-order valence-corrected chi connectivity index (χ0v) is 11.2. The fraction of sp³-hybridized carbons (Fsp3) is 0.923. The summed E-state index contributed by atoms with van der Waals surface area (Å²) >= 11 is 0. The summed E-state index contributed by atoms with van der Waals surface area (Å²) < 4.78 is 0. The van der Waals surface area contributed by atoms with Crippen molar-refractivity contribution in [3.63, 3.8) is 0 Å². The first-order valence-corrected chi connectivity index (χ1v) is 6.42. The summed E-state index contributed by atoms with van der Waals surface area (Å²) in [6.45, 7) is 11.1. The molecule has 0 saturated heterocycles. The van der Waals surface area contributed by atoms with Crippen LogP contribution >= 0.6 is 0 Å². The van der Waals surface area contributed by atoms with Gasteiger partial charge >= 0.3 is 5.97 Å². The Morgan fingerprint density at radius 2 is 1.88 bits per heavy atom. The van der Waals surface area contributed by atoms with E-state index in [1.54, 1.807) is 6.92 Å². The third-order valence-electron chi connectivity index (χ3n) is 2.80. The topological polar surface area (TPSA) is 40.5 Å². The molecule has 3 nitrogen and oxygen atoms in total. The van der Waals surface area contributed by atoms with Crippen molar-refractivity contribution in [2.75, 3.05) is 19.6 Å². The molecular formula is C13H27NO2. The Morgan fingerprint density at radius 3 is 2.31 bits per heavy atom. The van der Waals surface area contributed by atoms with Crippen LogP contribution in [0.5, 0.6) is 0 Å². The number of carbonyl (C=O) groups is 1. The first-order chi connectivity index (χ1) is 7.47. The van der Waals surface area contributed by atoms with Gasteiger partial charge in [0, 0.05) is 6.54 Å². The van der Waals surface area contributed by atoms with Crippen LogP contribution < -0.4 is 0 Å². The summed E-state index contributed by atoms with van der Waals surface area (Å²) in [6, 6.07) is 0. The van der Waals surface area contributed by atoms with Gasteiger partial charge < -0.3 is 10.0 Å². The molecule has 0 fully saturated rings. The first-order valence-electron chi connectivity index (χ1n) is 6.42. The average molecular weight is 229 g/mol. The van der Waals surface area contributed by atoms with Crippen molar-refractivity contribution >= 4 is 5.97 Å². The Kier molecular flexibility index (Phi) is 8.26. The highest BCUT2D eigenvalue weighted by Gasteiger charge is 2.15. The molecule has 1 atom stereocenters. The number of carboxylic acid groups (broad SMARTS) is 1. The van der Waals surface area contributed by atoms with E-state index >= 15 is 0 Å². The molecule has 0 spiro atoms. The number of carboxylic acids is 1. The lowest BCUT2D eigenvalue weighted by Crippen LogP contribution is -2.34. The van der Waals surface area contributed by atoms with Crippen LogP contribution in [0.15, 0.2) is 0 Å². The van der Waals surface area contributed by atoms with Gasteiger partial charge in [-0.25, -0.2) is 0 Å². The predicted octanol–water partition coefficient (Wildman–Crippen LogP) is 2.86. The third-order valence-corrected chi connectivity index (χ3v) is 2.80. The summed E-state index contributed by atoms with van der Waals surface area (Å²) in [5, 5.41) is 8.91. The predicted molar refractivity (Wildman–Crippen MR) is 67.6 cm³/mol. The van der Waals surface area contributed by atoms with Crippen LogP contribution in [-0.2, 0) is 4.79 Å². The molecule has 0 rings (SSSR count). The van der Waals surface area contributed by atoms with Gasteiger partial charge in [0.2, 0.25) is 0 Å². The van der Waals surface area contributed by atoms with Crippen molar-refractivity contribution in [1.82, 2.24) is 4.90 Å². The van der Waals surface area contributed by atoms with E-state index in [0.29, 0.717) is 12.5 Å². The minimum atomic E-state index is -0.689. The van der Waals surface area contributed by atoms with Crippen molar-refractivity contribution in [1.29, 1.82) is 0 Å². The lowest BCUT2D eigenvalue weighted by Gasteiger charge is -2.24. The number of unbranched alkanes of at least 4 members (excludes halogenated alkanes) is 1. The van der Waals surface area contributed by atoms with E-state index in [4.69, 9.17) is 5.11 Å². The van der Waals surface area contributed by atoms with Crippen molar-refractivity contribution in [2.45, 2.75) is 47.0 Å². The number of nitrogens with zero attached hydrogens (tertiary/aromatic N) is 1. The van der Waals surface area contributed by atoms with Gasteiger partial charge in [0.15, 0.2) is 0 Å². The Labute approximate surface area is 99.8 Å². The maximum Gasteiger partial charge on any atom is 0.307 e. The number of rotatable bonds is 9. The minimum Gasteiger partial charge on any atom is -0.481 e. The van der Waals surface area contributed by atoms with Crippen molar-refractivity contribution in [3.05, 3.63) is 0 Å². The molecule has 0 aromatic carbocycles. The van der Waals surface area contributed by atoms with E-state index in [0.717, 1.165) is 25.9 Å². The standard InChI is InChI=1S/C13H27NO2/c1-5-6-8-14(9-7-11(2)3)10-12(4)13(15)16/h11-12H,5-10H2,1-4H3,(H,15,16). The van der Waals surface area contributed by atoms with Crippen molar-refractivity contribution in [2.24, 2.45) is 11.8 Å². The molecule has 0 aromatic heterocycles. The fourth-order valence-corrected chi connectivity index (χ4v) is 1.58. The van der Waals surface area contributed by atoms with Gasteiger partial charge in [0.1, 0.15) is 0 Å². The molecule has 0 heterocycles. The van der Waals surface area contributed by atoms with E-state index in [9.17, 15) is 4.79 Å². The largest absolute Gasteiger partial charge is 0.481 e. The zero-order chi connectivity index (χ0) is 12.6. The van der Waals surface area contributed by atoms with Crippen molar-refractivity contribution in [3.8, 4) is 0 Å². The molecule has 0 bridgehead atoms. The quantitative estimate of drug-likeness (QED) is 0.661. The molecule has 0 saturated carbocycles. The van der Waals surface area contributed by atoms with Crippen LogP contribution in [0.25, 0.3) is 0 Å². The molecule has 96 valence electrons. The van der Waals surface area contributed by atoms with Gasteiger partial charge in [0.05, 0.1) is 5.92 Å². The van der Waals surface area contributed by atoms with Gasteiger partial charge in [-0.15, -0.1) is 0 Å². The highest BCUT2D eigenvalue weighted by molar-refractivity contribution is 5.69. The first kappa shape index (κ1) is 15.4. The maximum atomic E-state index is 10.8. The van der Waals surface area contributed by atoms with E-state index in [1.807, 2.05) is 0 Å². The average Bonchev–Trinajstić information content (AvgIpc) is 2.21. The van der Waals surface area contributed by atoms with Gasteiger partial charge in [-0.2, -0.15) is 0 Å². The highest BCUT2D eigenvalue weighted by Crippen LogP contribution is 2.07. The molecule has 16 heavy (non-hydrogen) atoms. The molecule has 3 heteroatoms. The van der Waals surface area contributed by atoms with Gasteiger partial charge in [-0.1, -0.05) is 34.1 Å². The lowest BCUT2D eigenvalue weighted by atomic mass is 10.1. The second kappa shape index (κ2) is 8.57. The summed E-state index contributed by atoms with van der Waals surface area (Å²) in [4.78, 5) is 13.1. The zero-order valence-electron chi connectivity index (χ0n) is 11.2. The maximum absolute atomic E-state index is 10.8. The molecule has 0 amide bonds. The SMILES string of the molecule is CCCCN(CCC(C)C)CC(C)C(=O)O. The van der Waals surface area contributed by atoms with Crippen molar-refractivity contribution < 1.29 is 9.90 Å². The summed E-state index contributed by atoms with van der Waals surface area (Å²) in [5.41, 5.74) is 0. The number of hydrogen-bond acceptors (Lipinski definition) is 2. The Bertz CT molecular complexity index is 192. The smallest absolute Gasteiger partial charge is 0.307 e. The molecule has 0 aliphatic heterocycles. The Morgan fingerprint density at radius 1 is 1.25 bits per heavy atom. The molecule has 1 N–H and O–H groups in total. The van der Waals surface area contributed by atoms with E-state index in [2.05, 4.69) is 25.7 Å². The molecule has 0 aromatic rings. The summed E-state index contributed by atoms with van der Waals surface area (Å²) in [7, 11) is 0. The molecule has 1 unspecified atom stereocenters. The van der Waals surface area contributed by atoms with E-state index in [1.165, 1.54) is 6.42 Å². The van der Waals surface area contributed by atoms with Crippen LogP contribution in [0.2, 0.25) is 0 Å². The Hall–Kier alpha value is -0.570. The van der Waals surface area contributed by atoms with Gasteiger partial charge in [0.25, 0.3) is 0 Å². The van der Waals surface area contributed by atoms with Crippen LogP contribution in [-0.4, -0.2) is 35.6 Å². The minimum absolute atomic E-state index is 0.260. The molecular weight excluding hydrogens is 202 g/mol. The van der Waals surface area contributed by atoms with E-state index < -0.39 is 5.97 Å².